The van der Waals surface area contributed by atoms with Gasteiger partial charge in [0.25, 0.3) is 0 Å². The van der Waals surface area contributed by atoms with Crippen molar-refractivity contribution in [3.63, 3.8) is 0 Å². The molecule has 0 atom stereocenters. The largest absolute Gasteiger partial charge is 0.508 e. The Balaban J connectivity index is 3.11. The predicted octanol–water partition coefficient (Wildman–Crippen LogP) is 1.55. The predicted molar refractivity (Wildman–Crippen MR) is 50.7 cm³/mol. The van der Waals surface area contributed by atoms with Gasteiger partial charge < -0.3 is 14.8 Å². The molecule has 0 heterocycles. The van der Waals surface area contributed by atoms with Crippen molar-refractivity contribution in [2.75, 3.05) is 19.8 Å². The summed E-state index contributed by atoms with van der Waals surface area (Å²) in [7, 11) is 0. The lowest BCUT2D eigenvalue weighted by Crippen LogP contribution is -2.24. The van der Waals surface area contributed by atoms with Crippen LogP contribution < -0.4 is 5.32 Å². The minimum atomic E-state index is -0.577. The van der Waals surface area contributed by atoms with Crippen LogP contribution in [0.5, 0.6) is 0 Å². The fourth-order valence-corrected chi connectivity index (χ4v) is 0.778. The van der Waals surface area contributed by atoms with Crippen molar-refractivity contribution in [2.24, 2.45) is 0 Å². The Labute approximate surface area is 79.6 Å². The average Bonchev–Trinajstić information content (AvgIpc) is 2.03. The third kappa shape index (κ3) is 9.14. The summed E-state index contributed by atoms with van der Waals surface area (Å²) < 4.78 is 9.35. The molecule has 0 aliphatic heterocycles. The van der Waals surface area contributed by atoms with Crippen LogP contribution in [-0.4, -0.2) is 32.0 Å². The van der Waals surface area contributed by atoms with E-state index in [0.717, 1.165) is 13.0 Å². The Bertz CT molecular complexity index is 137. The molecular formula is C9H19NO3. The molecule has 0 amide bonds. The third-order valence-corrected chi connectivity index (χ3v) is 1.36. The van der Waals surface area contributed by atoms with Crippen molar-refractivity contribution in [1.29, 1.82) is 0 Å². The summed E-state index contributed by atoms with van der Waals surface area (Å²) in [6.45, 7) is 7.54. The third-order valence-electron chi connectivity index (χ3n) is 1.36. The molecule has 0 aromatic rings. The lowest BCUT2D eigenvalue weighted by molar-refractivity contribution is 0.0583. The molecule has 0 bridgehead atoms. The summed E-state index contributed by atoms with van der Waals surface area (Å²) >= 11 is 0. The van der Waals surface area contributed by atoms with E-state index in [0.29, 0.717) is 19.3 Å². The number of nitrogens with one attached hydrogen (secondary N) is 1. The van der Waals surface area contributed by atoms with Crippen LogP contribution in [0.15, 0.2) is 0 Å². The SMILES string of the molecule is CCOC(=O)OCCCNC(C)C. The zero-order valence-electron chi connectivity index (χ0n) is 8.63. The van der Waals surface area contributed by atoms with Crippen LogP contribution >= 0.6 is 0 Å². The molecule has 0 fully saturated rings. The highest BCUT2D eigenvalue weighted by atomic mass is 16.7. The summed E-state index contributed by atoms with van der Waals surface area (Å²) in [6, 6.07) is 0.475. The van der Waals surface area contributed by atoms with Crippen LogP contribution in [-0.2, 0) is 9.47 Å². The van der Waals surface area contributed by atoms with Crippen molar-refractivity contribution in [3.05, 3.63) is 0 Å². The van der Waals surface area contributed by atoms with Gasteiger partial charge in [-0.25, -0.2) is 4.79 Å². The quantitative estimate of drug-likeness (QED) is 0.508. The van der Waals surface area contributed by atoms with E-state index in [2.05, 4.69) is 23.9 Å². The second kappa shape index (κ2) is 7.86. The summed E-state index contributed by atoms with van der Waals surface area (Å²) in [6.07, 6.45) is 0.240. The van der Waals surface area contributed by atoms with Gasteiger partial charge in [0.1, 0.15) is 0 Å². The second-order valence-electron chi connectivity index (χ2n) is 2.99. The van der Waals surface area contributed by atoms with Gasteiger partial charge in [-0.05, 0) is 19.9 Å². The number of hydrogen-bond donors (Lipinski definition) is 1. The van der Waals surface area contributed by atoms with Crippen LogP contribution in [0.1, 0.15) is 27.2 Å². The van der Waals surface area contributed by atoms with Crippen LogP contribution in [0.2, 0.25) is 0 Å². The zero-order chi connectivity index (χ0) is 10.1. The number of carbonyl (C=O) groups is 1. The molecule has 0 aliphatic rings. The maximum Gasteiger partial charge on any atom is 0.508 e. The van der Waals surface area contributed by atoms with E-state index in [1.807, 2.05) is 0 Å². The fraction of sp³-hybridized carbons (Fsp3) is 0.889. The van der Waals surface area contributed by atoms with Crippen molar-refractivity contribution in [3.8, 4) is 0 Å². The van der Waals surface area contributed by atoms with Crippen molar-refractivity contribution >= 4 is 6.16 Å². The van der Waals surface area contributed by atoms with Crippen molar-refractivity contribution in [1.82, 2.24) is 5.32 Å². The van der Waals surface area contributed by atoms with E-state index >= 15 is 0 Å². The molecule has 78 valence electrons. The maximum atomic E-state index is 10.7. The van der Waals surface area contributed by atoms with Gasteiger partial charge in [-0.3, -0.25) is 0 Å². The Hall–Kier alpha value is -0.770. The number of rotatable bonds is 6. The molecule has 1 N–H and O–H groups in total. The molecule has 4 heteroatoms. The van der Waals surface area contributed by atoms with Crippen LogP contribution in [0.3, 0.4) is 0 Å². The molecule has 0 rings (SSSR count). The van der Waals surface area contributed by atoms with E-state index in [1.54, 1.807) is 6.92 Å². The van der Waals surface area contributed by atoms with E-state index in [9.17, 15) is 4.79 Å². The Kier molecular flexibility index (Phi) is 7.39. The summed E-state index contributed by atoms with van der Waals surface area (Å²) in [5, 5.41) is 3.22. The highest BCUT2D eigenvalue weighted by Gasteiger charge is 2.00. The van der Waals surface area contributed by atoms with Crippen molar-refractivity contribution in [2.45, 2.75) is 33.2 Å². The minimum absolute atomic E-state index is 0.364. The number of carbonyl (C=O) groups excluding carboxylic acids is 1. The topological polar surface area (TPSA) is 47.6 Å². The first-order chi connectivity index (χ1) is 6.16. The highest BCUT2D eigenvalue weighted by Crippen LogP contribution is 1.88. The van der Waals surface area contributed by atoms with Gasteiger partial charge in [-0.1, -0.05) is 13.8 Å². The van der Waals surface area contributed by atoms with Crippen molar-refractivity contribution < 1.29 is 14.3 Å². The fourth-order valence-electron chi connectivity index (χ4n) is 0.778. The highest BCUT2D eigenvalue weighted by molar-refractivity contribution is 5.59. The maximum absolute atomic E-state index is 10.7. The first kappa shape index (κ1) is 12.2. The van der Waals surface area contributed by atoms with Gasteiger partial charge in [0.15, 0.2) is 0 Å². The van der Waals surface area contributed by atoms with Gasteiger partial charge in [-0.15, -0.1) is 0 Å². The molecule has 4 nitrogen and oxygen atoms in total. The second-order valence-corrected chi connectivity index (χ2v) is 2.99. The smallest absolute Gasteiger partial charge is 0.435 e. The van der Waals surface area contributed by atoms with E-state index < -0.39 is 6.16 Å². The van der Waals surface area contributed by atoms with Gasteiger partial charge in [0.2, 0.25) is 0 Å². The lowest BCUT2D eigenvalue weighted by atomic mass is 10.3. The Morgan fingerprint density at radius 3 is 2.62 bits per heavy atom. The Morgan fingerprint density at radius 1 is 1.38 bits per heavy atom. The Morgan fingerprint density at radius 2 is 2.08 bits per heavy atom. The molecule has 0 spiro atoms. The zero-order valence-corrected chi connectivity index (χ0v) is 8.63. The van der Waals surface area contributed by atoms with Gasteiger partial charge in [-0.2, -0.15) is 0 Å². The molecular weight excluding hydrogens is 170 g/mol. The van der Waals surface area contributed by atoms with E-state index in [1.165, 1.54) is 0 Å². The molecule has 0 saturated carbocycles. The first-order valence-electron chi connectivity index (χ1n) is 4.69. The molecule has 0 aliphatic carbocycles. The van der Waals surface area contributed by atoms with E-state index in [4.69, 9.17) is 4.74 Å². The molecule has 0 unspecified atom stereocenters. The molecule has 0 radical (unpaired) electrons. The molecule has 0 aromatic carbocycles. The average molecular weight is 189 g/mol. The summed E-state index contributed by atoms with van der Waals surface area (Å²) in [4.78, 5) is 10.7. The monoisotopic (exact) mass is 189 g/mol. The normalized spacial score (nSPS) is 10.2. The lowest BCUT2D eigenvalue weighted by Gasteiger charge is -2.07. The van der Waals surface area contributed by atoms with E-state index in [-0.39, 0.29) is 0 Å². The first-order valence-corrected chi connectivity index (χ1v) is 4.69. The van der Waals surface area contributed by atoms with Crippen LogP contribution in [0, 0.1) is 0 Å². The van der Waals surface area contributed by atoms with Crippen LogP contribution in [0.4, 0.5) is 4.79 Å². The molecule has 13 heavy (non-hydrogen) atoms. The number of ether oxygens (including phenoxy) is 2. The standard InChI is InChI=1S/C9H19NO3/c1-4-12-9(11)13-7-5-6-10-8(2)3/h8,10H,4-7H2,1-3H3. The van der Waals surface area contributed by atoms with Crippen LogP contribution in [0.25, 0.3) is 0 Å². The van der Waals surface area contributed by atoms with Gasteiger partial charge >= 0.3 is 6.16 Å². The molecule has 0 aromatic heterocycles. The summed E-state index contributed by atoms with van der Waals surface area (Å²) in [5.74, 6) is 0. The summed E-state index contributed by atoms with van der Waals surface area (Å²) in [5.41, 5.74) is 0. The minimum Gasteiger partial charge on any atom is -0.435 e. The number of hydrogen-bond acceptors (Lipinski definition) is 4. The van der Waals surface area contributed by atoms with Gasteiger partial charge in [0, 0.05) is 6.04 Å². The molecule has 0 saturated heterocycles. The van der Waals surface area contributed by atoms with Gasteiger partial charge in [0.05, 0.1) is 13.2 Å².